The van der Waals surface area contributed by atoms with E-state index in [1.54, 1.807) is 0 Å². The van der Waals surface area contributed by atoms with E-state index in [-0.39, 0.29) is 11.7 Å². The molecule has 1 N–H and O–H groups in total. The van der Waals surface area contributed by atoms with Crippen molar-refractivity contribution < 1.29 is 14.3 Å². The summed E-state index contributed by atoms with van der Waals surface area (Å²) in [5.74, 6) is -0.0971. The number of rotatable bonds is 4. The van der Waals surface area contributed by atoms with Crippen molar-refractivity contribution in [3.8, 4) is 0 Å². The van der Waals surface area contributed by atoms with Crippen LogP contribution in [-0.2, 0) is 17.6 Å². The maximum Gasteiger partial charge on any atom is 0.314 e. The van der Waals surface area contributed by atoms with Gasteiger partial charge in [-0.1, -0.05) is 36.0 Å². The summed E-state index contributed by atoms with van der Waals surface area (Å²) in [6.45, 7) is 0. The molecule has 1 aliphatic rings. The third kappa shape index (κ3) is 2.85. The van der Waals surface area contributed by atoms with E-state index in [9.17, 15) is 4.79 Å². The van der Waals surface area contributed by atoms with Crippen LogP contribution in [0.25, 0.3) is 0 Å². The van der Waals surface area contributed by atoms with Gasteiger partial charge in [0.15, 0.2) is 0 Å². The molecule has 1 heterocycles. The van der Waals surface area contributed by atoms with Gasteiger partial charge in [-0.05, 0) is 30.4 Å². The first-order chi connectivity index (χ1) is 9.72. The predicted octanol–water partition coefficient (Wildman–Crippen LogP) is 2.52. The lowest BCUT2D eigenvalue weighted by Gasteiger charge is -2.21. The number of hydrogen-bond acceptors (Lipinski definition) is 5. The number of benzene rings is 1. The maximum absolute atomic E-state index is 10.5. The molecule has 1 aromatic heterocycles. The van der Waals surface area contributed by atoms with Crippen LogP contribution in [0.2, 0.25) is 0 Å². The van der Waals surface area contributed by atoms with Crippen molar-refractivity contribution in [2.24, 2.45) is 0 Å². The lowest BCUT2D eigenvalue weighted by molar-refractivity contribution is -0.133. The fourth-order valence-corrected chi connectivity index (χ4v) is 2.97. The lowest BCUT2D eigenvalue weighted by atomic mass is 9.84. The molecular formula is C14H14N2O3S. The van der Waals surface area contributed by atoms with Crippen LogP contribution in [0.3, 0.4) is 0 Å². The zero-order valence-electron chi connectivity index (χ0n) is 10.8. The maximum atomic E-state index is 10.5. The van der Waals surface area contributed by atoms with Crippen LogP contribution < -0.4 is 0 Å². The normalized spacial score (nSPS) is 17.7. The van der Waals surface area contributed by atoms with E-state index in [1.807, 2.05) is 6.07 Å². The number of thioether (sulfide) groups is 1. The summed E-state index contributed by atoms with van der Waals surface area (Å²) in [5, 5.41) is 16.9. The fraction of sp³-hybridized carbons (Fsp3) is 0.357. The number of carboxylic acids is 1. The molecule has 0 fully saturated rings. The largest absolute Gasteiger partial charge is 0.481 e. The zero-order valence-corrected chi connectivity index (χ0v) is 11.6. The number of aryl methyl sites for hydroxylation is 1. The molecule has 0 bridgehead atoms. The fourth-order valence-electron chi connectivity index (χ4n) is 2.48. The Morgan fingerprint density at radius 3 is 2.95 bits per heavy atom. The molecular weight excluding hydrogens is 276 g/mol. The van der Waals surface area contributed by atoms with E-state index in [2.05, 4.69) is 28.4 Å². The minimum absolute atomic E-state index is 0.0604. The topological polar surface area (TPSA) is 76.2 Å². The molecule has 1 atom stereocenters. The van der Waals surface area contributed by atoms with E-state index in [1.165, 1.54) is 11.1 Å². The second-order valence-electron chi connectivity index (χ2n) is 4.80. The highest BCUT2D eigenvalue weighted by Crippen LogP contribution is 2.32. The van der Waals surface area contributed by atoms with E-state index in [0.717, 1.165) is 31.0 Å². The quantitative estimate of drug-likeness (QED) is 0.872. The average molecular weight is 290 g/mol. The van der Waals surface area contributed by atoms with E-state index in [0.29, 0.717) is 11.1 Å². The summed E-state index contributed by atoms with van der Waals surface area (Å²) in [7, 11) is 0. The molecule has 0 spiro atoms. The van der Waals surface area contributed by atoms with Crippen LogP contribution in [-0.4, -0.2) is 27.0 Å². The van der Waals surface area contributed by atoms with Crippen molar-refractivity contribution in [3.05, 3.63) is 41.3 Å². The van der Waals surface area contributed by atoms with E-state index < -0.39 is 5.97 Å². The van der Waals surface area contributed by atoms with Crippen molar-refractivity contribution >= 4 is 17.7 Å². The number of carboxylic acid groups (broad SMARTS) is 1. The van der Waals surface area contributed by atoms with Crippen molar-refractivity contribution in [2.45, 2.75) is 30.4 Å². The molecule has 104 valence electrons. The summed E-state index contributed by atoms with van der Waals surface area (Å²) in [6.07, 6.45) is 2.91. The Morgan fingerprint density at radius 2 is 2.15 bits per heavy atom. The summed E-state index contributed by atoms with van der Waals surface area (Å²) in [6, 6.07) is 8.40. The number of aliphatic carboxylic acids is 1. The lowest BCUT2D eigenvalue weighted by Crippen LogP contribution is -2.12. The van der Waals surface area contributed by atoms with Gasteiger partial charge in [0.1, 0.15) is 5.75 Å². The number of nitrogens with zero attached hydrogens (tertiary/aromatic N) is 2. The van der Waals surface area contributed by atoms with Crippen LogP contribution in [0.15, 0.2) is 33.9 Å². The van der Waals surface area contributed by atoms with Crippen molar-refractivity contribution in [1.82, 2.24) is 10.2 Å². The molecule has 20 heavy (non-hydrogen) atoms. The Labute approximate surface area is 120 Å². The van der Waals surface area contributed by atoms with Gasteiger partial charge >= 0.3 is 5.97 Å². The molecule has 6 heteroatoms. The zero-order chi connectivity index (χ0) is 13.9. The van der Waals surface area contributed by atoms with E-state index in [4.69, 9.17) is 9.52 Å². The Balaban J connectivity index is 1.70. The standard InChI is InChI=1S/C14H14N2O3S/c17-12(18)8-20-14-16-15-13(19-14)11-6-5-9-3-1-2-4-10(9)7-11/h1-4,11H,5-8H2,(H,17,18). The molecule has 5 nitrogen and oxygen atoms in total. The second kappa shape index (κ2) is 5.66. The minimum Gasteiger partial charge on any atom is -0.481 e. The highest BCUT2D eigenvalue weighted by atomic mass is 32.2. The summed E-state index contributed by atoms with van der Waals surface area (Å²) >= 11 is 1.06. The van der Waals surface area contributed by atoms with Gasteiger partial charge in [-0.2, -0.15) is 0 Å². The van der Waals surface area contributed by atoms with Gasteiger partial charge < -0.3 is 9.52 Å². The first kappa shape index (κ1) is 13.2. The van der Waals surface area contributed by atoms with Gasteiger partial charge in [-0.3, -0.25) is 4.79 Å². The Morgan fingerprint density at radius 1 is 1.35 bits per heavy atom. The average Bonchev–Trinajstić information content (AvgIpc) is 2.93. The highest BCUT2D eigenvalue weighted by Gasteiger charge is 2.24. The van der Waals surface area contributed by atoms with Crippen molar-refractivity contribution in [3.63, 3.8) is 0 Å². The monoisotopic (exact) mass is 290 g/mol. The van der Waals surface area contributed by atoms with Crippen LogP contribution in [0.1, 0.15) is 29.4 Å². The first-order valence-electron chi connectivity index (χ1n) is 6.47. The molecule has 0 saturated heterocycles. The van der Waals surface area contributed by atoms with Crippen LogP contribution in [0, 0.1) is 0 Å². The molecule has 0 radical (unpaired) electrons. The third-order valence-corrected chi connectivity index (χ3v) is 4.24. The van der Waals surface area contributed by atoms with Gasteiger partial charge in [0.2, 0.25) is 5.89 Å². The van der Waals surface area contributed by atoms with Crippen LogP contribution in [0.5, 0.6) is 0 Å². The smallest absolute Gasteiger partial charge is 0.314 e. The van der Waals surface area contributed by atoms with Gasteiger partial charge in [0.25, 0.3) is 5.22 Å². The summed E-state index contributed by atoms with van der Waals surface area (Å²) in [5.41, 5.74) is 2.73. The molecule has 3 rings (SSSR count). The summed E-state index contributed by atoms with van der Waals surface area (Å²) in [4.78, 5) is 10.5. The first-order valence-corrected chi connectivity index (χ1v) is 7.45. The summed E-state index contributed by atoms with van der Waals surface area (Å²) < 4.78 is 5.57. The van der Waals surface area contributed by atoms with Gasteiger partial charge in [-0.15, -0.1) is 10.2 Å². The van der Waals surface area contributed by atoms with Gasteiger partial charge in [-0.25, -0.2) is 0 Å². The van der Waals surface area contributed by atoms with Crippen LogP contribution >= 0.6 is 11.8 Å². The minimum atomic E-state index is -0.888. The van der Waals surface area contributed by atoms with E-state index >= 15 is 0 Å². The Hall–Kier alpha value is -1.82. The number of fused-ring (bicyclic) bond motifs is 1. The molecule has 1 aromatic carbocycles. The molecule has 1 aliphatic carbocycles. The van der Waals surface area contributed by atoms with Gasteiger partial charge in [0, 0.05) is 5.92 Å². The SMILES string of the molecule is O=C(O)CSc1nnc(C2CCc3ccccc3C2)o1. The molecule has 2 aromatic rings. The molecule has 0 saturated carbocycles. The number of carbonyl (C=O) groups is 1. The Bertz CT molecular complexity index is 626. The third-order valence-electron chi connectivity index (χ3n) is 3.44. The number of hydrogen-bond donors (Lipinski definition) is 1. The number of aromatic nitrogens is 2. The second-order valence-corrected chi connectivity index (χ2v) is 5.72. The predicted molar refractivity (Wildman–Crippen MR) is 73.9 cm³/mol. The van der Waals surface area contributed by atoms with Crippen molar-refractivity contribution in [2.75, 3.05) is 5.75 Å². The van der Waals surface area contributed by atoms with Gasteiger partial charge in [0.05, 0.1) is 0 Å². The molecule has 0 amide bonds. The highest BCUT2D eigenvalue weighted by molar-refractivity contribution is 7.99. The molecule has 0 aliphatic heterocycles. The molecule has 1 unspecified atom stereocenters. The Kier molecular flexibility index (Phi) is 3.73. The van der Waals surface area contributed by atoms with Crippen LogP contribution in [0.4, 0.5) is 0 Å². The van der Waals surface area contributed by atoms with Crippen molar-refractivity contribution in [1.29, 1.82) is 0 Å².